The molecule has 0 unspecified atom stereocenters. The second-order valence-corrected chi connectivity index (χ2v) is 4.86. The molecule has 0 aromatic heterocycles. The average Bonchev–Trinajstić information content (AvgIpc) is 2.63. The van der Waals surface area contributed by atoms with E-state index in [2.05, 4.69) is 0 Å². The number of carbonyl (C=O) groups is 2. The Morgan fingerprint density at radius 3 is 2.11 bits per heavy atom. The number of carbonyl (C=O) groups excluding carboxylic acids is 2. The van der Waals surface area contributed by atoms with Gasteiger partial charge in [0.05, 0.1) is 24.4 Å². The highest BCUT2D eigenvalue weighted by atomic mass is 16.3. The van der Waals surface area contributed by atoms with Crippen molar-refractivity contribution < 1.29 is 14.7 Å². The summed E-state index contributed by atoms with van der Waals surface area (Å²) in [7, 11) is 0. The molecule has 0 atom stereocenters. The predicted octanol–water partition coefficient (Wildman–Crippen LogP) is 0.943. The summed E-state index contributed by atoms with van der Waals surface area (Å²) in [4.78, 5) is 27.5. The van der Waals surface area contributed by atoms with Crippen molar-refractivity contribution in [1.29, 1.82) is 0 Å². The zero-order chi connectivity index (χ0) is 14.0. The highest BCUT2D eigenvalue weighted by Crippen LogP contribution is 2.22. The first-order valence-corrected chi connectivity index (χ1v) is 6.36. The van der Waals surface area contributed by atoms with Crippen LogP contribution in [0.15, 0.2) is 24.3 Å². The molecule has 2 amide bonds. The molecule has 1 aliphatic heterocycles. The maximum absolute atomic E-state index is 12.2. The summed E-state index contributed by atoms with van der Waals surface area (Å²) in [5.41, 5.74) is 0.917. The Hall–Kier alpha value is -1.72. The summed E-state index contributed by atoms with van der Waals surface area (Å²) in [6, 6.07) is 6.99. The van der Waals surface area contributed by atoms with Crippen molar-refractivity contribution in [3.8, 4) is 0 Å². The third-order valence-corrected chi connectivity index (χ3v) is 3.32. The Morgan fingerprint density at radius 2 is 1.68 bits per heavy atom. The van der Waals surface area contributed by atoms with Crippen LogP contribution in [0.5, 0.6) is 0 Å². The number of benzene rings is 1. The number of hydrogen-bond acceptors (Lipinski definition) is 4. The molecule has 1 aromatic rings. The zero-order valence-corrected chi connectivity index (χ0v) is 11.2. The van der Waals surface area contributed by atoms with Gasteiger partial charge in [-0.05, 0) is 26.0 Å². The molecule has 102 valence electrons. The minimum Gasteiger partial charge on any atom is -0.395 e. The lowest BCUT2D eigenvalue weighted by atomic mass is 10.1. The van der Waals surface area contributed by atoms with E-state index in [1.807, 2.05) is 18.7 Å². The largest absolute Gasteiger partial charge is 0.395 e. The van der Waals surface area contributed by atoms with Gasteiger partial charge in [-0.2, -0.15) is 0 Å². The van der Waals surface area contributed by atoms with Crippen LogP contribution >= 0.6 is 0 Å². The number of aliphatic hydroxyl groups is 1. The van der Waals surface area contributed by atoms with Gasteiger partial charge in [0, 0.05) is 12.6 Å². The number of hydrogen-bond donors (Lipinski definition) is 1. The van der Waals surface area contributed by atoms with Crippen LogP contribution in [-0.2, 0) is 0 Å². The molecule has 0 spiro atoms. The molecular weight excluding hydrogens is 244 g/mol. The van der Waals surface area contributed by atoms with E-state index >= 15 is 0 Å². The normalized spacial score (nSPS) is 14.7. The van der Waals surface area contributed by atoms with Crippen LogP contribution in [0.25, 0.3) is 0 Å². The molecule has 0 radical (unpaired) electrons. The summed E-state index contributed by atoms with van der Waals surface area (Å²) >= 11 is 0. The van der Waals surface area contributed by atoms with Crippen LogP contribution in [0.1, 0.15) is 34.6 Å². The maximum atomic E-state index is 12.2. The highest BCUT2D eigenvalue weighted by Gasteiger charge is 2.36. The topological polar surface area (TPSA) is 60.9 Å². The predicted molar refractivity (Wildman–Crippen MR) is 70.7 cm³/mol. The fraction of sp³-hybridized carbons (Fsp3) is 0.429. The number of imide groups is 1. The van der Waals surface area contributed by atoms with E-state index in [4.69, 9.17) is 5.11 Å². The lowest BCUT2D eigenvalue weighted by molar-refractivity contribution is 0.0473. The first-order chi connectivity index (χ1) is 9.06. The van der Waals surface area contributed by atoms with E-state index in [1.165, 1.54) is 4.90 Å². The third kappa shape index (κ3) is 2.52. The quantitative estimate of drug-likeness (QED) is 0.802. The Kier molecular flexibility index (Phi) is 3.97. The first kappa shape index (κ1) is 13.7. The van der Waals surface area contributed by atoms with Crippen molar-refractivity contribution in [2.45, 2.75) is 19.9 Å². The zero-order valence-electron chi connectivity index (χ0n) is 11.2. The van der Waals surface area contributed by atoms with Crippen LogP contribution in [0.3, 0.4) is 0 Å². The van der Waals surface area contributed by atoms with E-state index in [9.17, 15) is 9.59 Å². The van der Waals surface area contributed by atoms with Crippen LogP contribution in [0, 0.1) is 0 Å². The number of amides is 2. The van der Waals surface area contributed by atoms with Gasteiger partial charge in [0.15, 0.2) is 0 Å². The van der Waals surface area contributed by atoms with Crippen molar-refractivity contribution in [2.75, 3.05) is 19.8 Å². The van der Waals surface area contributed by atoms with Gasteiger partial charge in [-0.3, -0.25) is 19.4 Å². The van der Waals surface area contributed by atoms with Gasteiger partial charge >= 0.3 is 0 Å². The van der Waals surface area contributed by atoms with Gasteiger partial charge in [-0.25, -0.2) is 0 Å². The minimum atomic E-state index is -0.260. The molecular formula is C14H18N2O3. The molecule has 5 heteroatoms. The molecule has 0 bridgehead atoms. The molecule has 1 aliphatic rings. The molecule has 1 aromatic carbocycles. The average molecular weight is 262 g/mol. The summed E-state index contributed by atoms with van der Waals surface area (Å²) in [6.07, 6.45) is 0. The van der Waals surface area contributed by atoms with E-state index in [-0.39, 0.29) is 31.1 Å². The Bertz CT molecular complexity index is 464. The SMILES string of the molecule is CC(C)N(CCO)CN1C(=O)c2ccccc2C1=O. The summed E-state index contributed by atoms with van der Waals surface area (Å²) in [5.74, 6) is -0.520. The second-order valence-electron chi connectivity index (χ2n) is 4.86. The summed E-state index contributed by atoms with van der Waals surface area (Å²) < 4.78 is 0. The molecule has 0 saturated carbocycles. The lowest BCUT2D eigenvalue weighted by Crippen LogP contribution is -2.45. The van der Waals surface area contributed by atoms with Crippen molar-refractivity contribution in [2.24, 2.45) is 0 Å². The Labute approximate surface area is 112 Å². The molecule has 19 heavy (non-hydrogen) atoms. The number of nitrogens with zero attached hydrogens (tertiary/aromatic N) is 2. The lowest BCUT2D eigenvalue weighted by Gasteiger charge is -2.29. The molecule has 0 fully saturated rings. The van der Waals surface area contributed by atoms with Crippen molar-refractivity contribution in [1.82, 2.24) is 9.80 Å². The fourth-order valence-corrected chi connectivity index (χ4v) is 2.17. The van der Waals surface area contributed by atoms with E-state index in [0.717, 1.165) is 0 Å². The highest BCUT2D eigenvalue weighted by molar-refractivity contribution is 6.21. The summed E-state index contributed by atoms with van der Waals surface area (Å²) in [5, 5.41) is 9.03. The van der Waals surface area contributed by atoms with Crippen molar-refractivity contribution in [3.63, 3.8) is 0 Å². The fourth-order valence-electron chi connectivity index (χ4n) is 2.17. The van der Waals surface area contributed by atoms with Gasteiger partial charge in [0.1, 0.15) is 0 Å². The van der Waals surface area contributed by atoms with Gasteiger partial charge < -0.3 is 5.11 Å². The van der Waals surface area contributed by atoms with Crippen LogP contribution < -0.4 is 0 Å². The van der Waals surface area contributed by atoms with Crippen LogP contribution in [0.2, 0.25) is 0 Å². The van der Waals surface area contributed by atoms with Gasteiger partial charge in [-0.1, -0.05) is 12.1 Å². The summed E-state index contributed by atoms with van der Waals surface area (Å²) in [6.45, 7) is 4.58. The molecule has 2 rings (SSSR count). The van der Waals surface area contributed by atoms with Gasteiger partial charge in [0.2, 0.25) is 0 Å². The van der Waals surface area contributed by atoms with E-state index < -0.39 is 0 Å². The van der Waals surface area contributed by atoms with Crippen LogP contribution in [0.4, 0.5) is 0 Å². The Morgan fingerprint density at radius 1 is 1.16 bits per heavy atom. The molecule has 0 saturated heterocycles. The molecule has 5 nitrogen and oxygen atoms in total. The number of rotatable bonds is 5. The van der Waals surface area contributed by atoms with Crippen LogP contribution in [-0.4, -0.2) is 52.6 Å². The number of aliphatic hydroxyl groups excluding tert-OH is 1. The number of fused-ring (bicyclic) bond motifs is 1. The van der Waals surface area contributed by atoms with E-state index in [1.54, 1.807) is 24.3 Å². The monoisotopic (exact) mass is 262 g/mol. The first-order valence-electron chi connectivity index (χ1n) is 6.36. The van der Waals surface area contributed by atoms with Gasteiger partial charge in [0.25, 0.3) is 11.8 Å². The standard InChI is InChI=1S/C14H18N2O3/c1-10(2)15(7-8-17)9-16-13(18)11-5-3-4-6-12(11)14(16)19/h3-6,10,17H,7-9H2,1-2H3. The Balaban J connectivity index is 2.20. The molecule has 1 N–H and O–H groups in total. The molecule has 0 aliphatic carbocycles. The maximum Gasteiger partial charge on any atom is 0.262 e. The smallest absolute Gasteiger partial charge is 0.262 e. The van der Waals surface area contributed by atoms with E-state index in [0.29, 0.717) is 17.7 Å². The third-order valence-electron chi connectivity index (χ3n) is 3.32. The van der Waals surface area contributed by atoms with Gasteiger partial charge in [-0.15, -0.1) is 0 Å². The second kappa shape index (κ2) is 5.50. The van der Waals surface area contributed by atoms with Crippen molar-refractivity contribution >= 4 is 11.8 Å². The van der Waals surface area contributed by atoms with Crippen molar-refractivity contribution in [3.05, 3.63) is 35.4 Å². The molecule has 1 heterocycles. The minimum absolute atomic E-state index is 0.00134.